The molecule has 3 rings (SSSR count). The van der Waals surface area contributed by atoms with Crippen molar-refractivity contribution in [3.8, 4) is 0 Å². The second kappa shape index (κ2) is 8.64. The summed E-state index contributed by atoms with van der Waals surface area (Å²) >= 11 is 0. The van der Waals surface area contributed by atoms with Gasteiger partial charge < -0.3 is 19.3 Å². The van der Waals surface area contributed by atoms with Crippen LogP contribution in [0, 0.1) is 0 Å². The number of amides is 2. The van der Waals surface area contributed by atoms with E-state index in [0.29, 0.717) is 31.9 Å². The summed E-state index contributed by atoms with van der Waals surface area (Å²) in [6.45, 7) is 1.60. The quantitative estimate of drug-likeness (QED) is 0.742. The van der Waals surface area contributed by atoms with Crippen LogP contribution in [0.4, 0.5) is 0 Å². The molecule has 0 spiro atoms. The van der Waals surface area contributed by atoms with E-state index in [9.17, 15) is 14.4 Å². The van der Waals surface area contributed by atoms with Gasteiger partial charge in [-0.3, -0.25) is 9.59 Å². The number of carbonyl (C=O) groups is 3. The first-order valence-corrected chi connectivity index (χ1v) is 8.80. The molecule has 0 atom stereocenters. The molecule has 1 aliphatic heterocycles. The smallest absolute Gasteiger partial charge is 0.339 e. The topological polar surface area (TPSA) is 76.2 Å². The third-order valence-electron chi connectivity index (χ3n) is 4.50. The molecule has 0 saturated carbocycles. The Kier molecular flexibility index (Phi) is 6.03. The first kappa shape index (κ1) is 18.8. The summed E-state index contributed by atoms with van der Waals surface area (Å²) < 4.78 is 10.4. The lowest BCUT2D eigenvalue weighted by Crippen LogP contribution is -2.46. The Balaban J connectivity index is 1.54. The average molecular weight is 370 g/mol. The van der Waals surface area contributed by atoms with Crippen molar-refractivity contribution in [3.63, 3.8) is 0 Å². The van der Waals surface area contributed by atoms with Crippen LogP contribution in [0.5, 0.6) is 0 Å². The van der Waals surface area contributed by atoms with Crippen LogP contribution in [0.1, 0.15) is 10.4 Å². The lowest BCUT2D eigenvalue weighted by Gasteiger charge is -2.28. The van der Waals surface area contributed by atoms with E-state index in [-0.39, 0.29) is 12.5 Å². The van der Waals surface area contributed by atoms with E-state index >= 15 is 0 Å². The molecule has 1 saturated heterocycles. The van der Waals surface area contributed by atoms with Gasteiger partial charge in [0.05, 0.1) is 25.3 Å². The van der Waals surface area contributed by atoms with E-state index in [1.54, 1.807) is 17.0 Å². The average Bonchev–Trinajstić information content (AvgIpc) is 2.71. The van der Waals surface area contributed by atoms with E-state index in [4.69, 9.17) is 9.47 Å². The highest BCUT2D eigenvalue weighted by Crippen LogP contribution is 2.19. The zero-order valence-electron chi connectivity index (χ0n) is 15.2. The van der Waals surface area contributed by atoms with Crippen LogP contribution < -0.4 is 0 Å². The molecule has 27 heavy (non-hydrogen) atoms. The highest BCUT2D eigenvalue weighted by atomic mass is 16.5. The Morgan fingerprint density at radius 3 is 2.56 bits per heavy atom. The molecule has 2 aromatic carbocycles. The maximum atomic E-state index is 12.4. The second-order valence-corrected chi connectivity index (χ2v) is 6.35. The van der Waals surface area contributed by atoms with Gasteiger partial charge in [0.25, 0.3) is 5.91 Å². The molecule has 7 nitrogen and oxygen atoms in total. The monoisotopic (exact) mass is 370 g/mol. The van der Waals surface area contributed by atoms with Crippen molar-refractivity contribution < 1.29 is 23.9 Å². The Morgan fingerprint density at radius 1 is 1.07 bits per heavy atom. The number of esters is 1. The van der Waals surface area contributed by atoms with Gasteiger partial charge in [0.15, 0.2) is 6.61 Å². The van der Waals surface area contributed by atoms with Gasteiger partial charge in [0.2, 0.25) is 5.91 Å². The predicted molar refractivity (Wildman–Crippen MR) is 99.3 cm³/mol. The summed E-state index contributed by atoms with van der Waals surface area (Å²) in [6, 6.07) is 12.8. The Hall–Kier alpha value is -2.93. The van der Waals surface area contributed by atoms with Crippen molar-refractivity contribution in [3.05, 3.63) is 48.0 Å². The highest BCUT2D eigenvalue weighted by Gasteiger charge is 2.21. The number of morpholine rings is 1. The van der Waals surface area contributed by atoms with Gasteiger partial charge in [-0.05, 0) is 16.8 Å². The summed E-state index contributed by atoms with van der Waals surface area (Å²) in [6.07, 6.45) is 0. The largest absolute Gasteiger partial charge is 0.452 e. The van der Waals surface area contributed by atoms with Gasteiger partial charge in [-0.2, -0.15) is 0 Å². The van der Waals surface area contributed by atoms with Crippen LogP contribution in [-0.2, 0) is 19.1 Å². The molecular weight excluding hydrogens is 348 g/mol. The molecule has 0 bridgehead atoms. The number of likely N-dealkylation sites (N-methyl/N-ethyl adjacent to an activating group) is 1. The van der Waals surface area contributed by atoms with E-state index in [1.165, 1.54) is 11.9 Å². The number of ether oxygens (including phenoxy) is 2. The minimum atomic E-state index is -0.562. The number of rotatable bonds is 5. The van der Waals surface area contributed by atoms with Crippen LogP contribution in [0.2, 0.25) is 0 Å². The highest BCUT2D eigenvalue weighted by molar-refractivity contribution is 6.05. The van der Waals surface area contributed by atoms with Crippen LogP contribution in [0.15, 0.2) is 42.5 Å². The van der Waals surface area contributed by atoms with E-state index in [1.807, 2.05) is 30.3 Å². The first-order valence-electron chi connectivity index (χ1n) is 8.80. The van der Waals surface area contributed by atoms with Crippen LogP contribution >= 0.6 is 0 Å². The SMILES string of the molecule is CN(CC(=O)N1CCOCC1)C(=O)COC(=O)c1cccc2ccccc12. The molecule has 0 N–H and O–H groups in total. The fourth-order valence-corrected chi connectivity index (χ4v) is 2.92. The lowest BCUT2D eigenvalue weighted by molar-refractivity contribution is -0.143. The fraction of sp³-hybridized carbons (Fsp3) is 0.350. The molecule has 7 heteroatoms. The Bertz CT molecular complexity index is 840. The van der Waals surface area contributed by atoms with E-state index in [0.717, 1.165) is 10.8 Å². The van der Waals surface area contributed by atoms with Gasteiger partial charge in [-0.15, -0.1) is 0 Å². The van der Waals surface area contributed by atoms with Gasteiger partial charge in [-0.25, -0.2) is 4.79 Å². The second-order valence-electron chi connectivity index (χ2n) is 6.35. The number of hydrogen-bond donors (Lipinski definition) is 0. The van der Waals surface area contributed by atoms with Gasteiger partial charge >= 0.3 is 5.97 Å². The van der Waals surface area contributed by atoms with E-state index < -0.39 is 18.5 Å². The Labute approximate surface area is 157 Å². The number of hydrogen-bond acceptors (Lipinski definition) is 5. The summed E-state index contributed by atoms with van der Waals surface area (Å²) in [7, 11) is 1.52. The molecule has 1 heterocycles. The molecular formula is C20H22N2O5. The minimum Gasteiger partial charge on any atom is -0.452 e. The van der Waals surface area contributed by atoms with Crippen molar-refractivity contribution in [2.24, 2.45) is 0 Å². The van der Waals surface area contributed by atoms with Crippen molar-refractivity contribution >= 4 is 28.6 Å². The zero-order valence-corrected chi connectivity index (χ0v) is 15.2. The van der Waals surface area contributed by atoms with Crippen LogP contribution in [0.3, 0.4) is 0 Å². The summed E-state index contributed by atoms with van der Waals surface area (Å²) in [5, 5.41) is 1.69. The maximum absolute atomic E-state index is 12.4. The third kappa shape index (κ3) is 4.62. The lowest BCUT2D eigenvalue weighted by atomic mass is 10.1. The molecule has 0 aliphatic carbocycles. The first-order chi connectivity index (χ1) is 13.1. The third-order valence-corrected chi connectivity index (χ3v) is 4.50. The summed E-state index contributed by atoms with van der Waals surface area (Å²) in [5.41, 5.74) is 0.410. The molecule has 1 aliphatic rings. The number of carbonyl (C=O) groups excluding carboxylic acids is 3. The van der Waals surface area contributed by atoms with Crippen molar-refractivity contribution in [2.45, 2.75) is 0 Å². The normalized spacial score (nSPS) is 14.0. The fourth-order valence-electron chi connectivity index (χ4n) is 2.92. The minimum absolute atomic E-state index is 0.0509. The Morgan fingerprint density at radius 2 is 1.78 bits per heavy atom. The van der Waals surface area contributed by atoms with Crippen molar-refractivity contribution in [1.82, 2.24) is 9.80 Å². The molecule has 0 radical (unpaired) electrons. The molecule has 2 amide bonds. The molecule has 2 aromatic rings. The van der Waals surface area contributed by atoms with Crippen molar-refractivity contribution in [2.75, 3.05) is 46.5 Å². The molecule has 142 valence electrons. The van der Waals surface area contributed by atoms with Gasteiger partial charge in [0.1, 0.15) is 0 Å². The number of fused-ring (bicyclic) bond motifs is 1. The van der Waals surface area contributed by atoms with Crippen LogP contribution in [-0.4, -0.2) is 74.1 Å². The predicted octanol–water partition coefficient (Wildman–Crippen LogP) is 1.31. The molecule has 0 aromatic heterocycles. The number of nitrogens with zero attached hydrogens (tertiary/aromatic N) is 2. The maximum Gasteiger partial charge on any atom is 0.339 e. The van der Waals surface area contributed by atoms with Crippen molar-refractivity contribution in [1.29, 1.82) is 0 Å². The van der Waals surface area contributed by atoms with E-state index in [2.05, 4.69) is 0 Å². The zero-order chi connectivity index (χ0) is 19.2. The van der Waals surface area contributed by atoms with Crippen LogP contribution in [0.25, 0.3) is 10.8 Å². The summed E-state index contributed by atoms with van der Waals surface area (Å²) in [4.78, 5) is 39.7. The standard InChI is InChI=1S/C20H22N2O5/c1-21(13-18(23)22-9-11-26-12-10-22)19(24)14-27-20(25)17-8-4-6-15-5-2-3-7-16(15)17/h2-8H,9-14H2,1H3. The number of benzene rings is 2. The van der Waals surface area contributed by atoms with Gasteiger partial charge in [0, 0.05) is 20.1 Å². The van der Waals surface area contributed by atoms with Gasteiger partial charge in [-0.1, -0.05) is 36.4 Å². The molecule has 1 fully saturated rings. The summed E-state index contributed by atoms with van der Waals surface area (Å²) in [5.74, 6) is -1.13. The molecule has 0 unspecified atom stereocenters.